The lowest BCUT2D eigenvalue weighted by Gasteiger charge is -2.30. The summed E-state index contributed by atoms with van der Waals surface area (Å²) < 4.78 is 5.36. The van der Waals surface area contributed by atoms with Crippen LogP contribution < -0.4 is 0 Å². The maximum absolute atomic E-state index is 12.5. The van der Waals surface area contributed by atoms with Crippen molar-refractivity contribution < 1.29 is 19.4 Å². The lowest BCUT2D eigenvalue weighted by molar-refractivity contribution is -0.175. The number of aliphatic carboxylic acids is 1. The lowest BCUT2D eigenvalue weighted by Crippen LogP contribution is -2.47. The van der Waals surface area contributed by atoms with Gasteiger partial charge in [0.05, 0.1) is 0 Å². The van der Waals surface area contributed by atoms with Gasteiger partial charge in [-0.05, 0) is 32.6 Å². The molecule has 0 saturated carbocycles. The van der Waals surface area contributed by atoms with Gasteiger partial charge in [-0.15, -0.1) is 0 Å². The molecular formula is C16H22O4S. The topological polar surface area (TPSA) is 63.6 Å². The van der Waals surface area contributed by atoms with Crippen LogP contribution in [0.5, 0.6) is 0 Å². The maximum Gasteiger partial charge on any atom is 0.325 e. The van der Waals surface area contributed by atoms with Crippen LogP contribution in [0.25, 0.3) is 0 Å². The van der Waals surface area contributed by atoms with Crippen molar-refractivity contribution in [2.24, 2.45) is 5.41 Å². The molecular weight excluding hydrogens is 288 g/mol. The van der Waals surface area contributed by atoms with Crippen LogP contribution in [0, 0.1) is 5.41 Å². The van der Waals surface area contributed by atoms with Crippen LogP contribution in [0.4, 0.5) is 0 Å². The second-order valence-corrected chi connectivity index (χ2v) is 6.85. The first-order valence-electron chi connectivity index (χ1n) is 6.71. The van der Waals surface area contributed by atoms with E-state index < -0.39 is 23.0 Å². The first-order chi connectivity index (χ1) is 9.71. The predicted molar refractivity (Wildman–Crippen MR) is 84.4 cm³/mol. The average molecular weight is 310 g/mol. The summed E-state index contributed by atoms with van der Waals surface area (Å²) in [6.45, 7) is 5.21. The van der Waals surface area contributed by atoms with Gasteiger partial charge >= 0.3 is 11.9 Å². The number of hydrogen-bond acceptors (Lipinski definition) is 4. The summed E-state index contributed by atoms with van der Waals surface area (Å²) in [6, 6.07) is 9.16. The second-order valence-electron chi connectivity index (χ2n) is 5.98. The molecule has 1 aromatic carbocycles. The number of carboxylic acid groups (broad SMARTS) is 1. The molecule has 1 atom stereocenters. The number of rotatable bonds is 6. The fourth-order valence-electron chi connectivity index (χ4n) is 1.97. The third kappa shape index (κ3) is 4.77. The van der Waals surface area contributed by atoms with Crippen molar-refractivity contribution in [3.8, 4) is 0 Å². The van der Waals surface area contributed by atoms with Crippen LogP contribution in [-0.4, -0.2) is 34.7 Å². The summed E-state index contributed by atoms with van der Waals surface area (Å²) in [5.74, 6) is -1.65. The Labute approximate surface area is 129 Å². The minimum Gasteiger partial charge on any atom is -0.480 e. The van der Waals surface area contributed by atoms with Crippen molar-refractivity contribution in [2.45, 2.75) is 32.8 Å². The molecule has 1 rings (SSSR count). The first-order valence-corrected chi connectivity index (χ1v) is 8.10. The van der Waals surface area contributed by atoms with Crippen molar-refractivity contribution >= 4 is 23.7 Å². The van der Waals surface area contributed by atoms with Crippen molar-refractivity contribution in [3.63, 3.8) is 0 Å². The van der Waals surface area contributed by atoms with E-state index in [1.165, 1.54) is 11.8 Å². The standard InChI is InChI=1S/C16H22O4S/c1-15(2,3)20-14(19)16(11-21-4,13(17)18)10-12-8-6-5-7-9-12/h5-9H,10-11H2,1-4H3,(H,17,18). The molecule has 5 heteroatoms. The highest BCUT2D eigenvalue weighted by molar-refractivity contribution is 7.98. The zero-order chi connectivity index (χ0) is 16.1. The summed E-state index contributed by atoms with van der Waals surface area (Å²) in [5, 5.41) is 9.67. The molecule has 0 aromatic heterocycles. The number of hydrogen-bond donors (Lipinski definition) is 1. The normalized spacial score (nSPS) is 14.3. The molecule has 0 aliphatic carbocycles. The van der Waals surface area contributed by atoms with E-state index in [1.807, 2.05) is 30.3 Å². The monoisotopic (exact) mass is 310 g/mol. The molecule has 0 aliphatic heterocycles. The number of thioether (sulfide) groups is 1. The van der Waals surface area contributed by atoms with Gasteiger partial charge in [0.2, 0.25) is 0 Å². The molecule has 116 valence electrons. The van der Waals surface area contributed by atoms with Gasteiger partial charge in [0.25, 0.3) is 0 Å². The van der Waals surface area contributed by atoms with Crippen molar-refractivity contribution in [1.82, 2.24) is 0 Å². The van der Waals surface area contributed by atoms with Gasteiger partial charge in [0.15, 0.2) is 5.41 Å². The van der Waals surface area contributed by atoms with E-state index in [4.69, 9.17) is 4.74 Å². The number of carbonyl (C=O) groups excluding carboxylic acids is 1. The fourth-order valence-corrected chi connectivity index (χ4v) is 2.81. The van der Waals surface area contributed by atoms with Gasteiger partial charge in [-0.3, -0.25) is 9.59 Å². The van der Waals surface area contributed by atoms with Crippen LogP contribution in [0.2, 0.25) is 0 Å². The Morgan fingerprint density at radius 1 is 1.19 bits per heavy atom. The van der Waals surface area contributed by atoms with Crippen LogP contribution in [0.15, 0.2) is 30.3 Å². The van der Waals surface area contributed by atoms with Gasteiger partial charge in [0.1, 0.15) is 5.60 Å². The molecule has 0 fully saturated rings. The van der Waals surface area contributed by atoms with Crippen molar-refractivity contribution in [3.05, 3.63) is 35.9 Å². The molecule has 0 heterocycles. The summed E-state index contributed by atoms with van der Waals surface area (Å²) in [5.41, 5.74) is -1.47. The number of carbonyl (C=O) groups is 2. The van der Waals surface area contributed by atoms with Gasteiger partial charge in [-0.2, -0.15) is 11.8 Å². The minimum absolute atomic E-state index is 0.124. The van der Waals surface area contributed by atoms with Crippen molar-refractivity contribution in [2.75, 3.05) is 12.0 Å². The Bertz CT molecular complexity index is 493. The van der Waals surface area contributed by atoms with E-state index in [1.54, 1.807) is 27.0 Å². The first kappa shape index (κ1) is 17.6. The zero-order valence-corrected chi connectivity index (χ0v) is 13.7. The van der Waals surface area contributed by atoms with Crippen LogP contribution >= 0.6 is 11.8 Å². The molecule has 0 amide bonds. The van der Waals surface area contributed by atoms with Crippen LogP contribution in [0.3, 0.4) is 0 Å². The maximum atomic E-state index is 12.5. The lowest BCUT2D eigenvalue weighted by atomic mass is 9.83. The van der Waals surface area contributed by atoms with E-state index in [2.05, 4.69) is 0 Å². The highest BCUT2D eigenvalue weighted by Gasteiger charge is 2.48. The average Bonchev–Trinajstić information content (AvgIpc) is 2.37. The summed E-state index contributed by atoms with van der Waals surface area (Å²) in [4.78, 5) is 24.3. The van der Waals surface area contributed by atoms with E-state index in [0.29, 0.717) is 0 Å². The Morgan fingerprint density at radius 2 is 1.76 bits per heavy atom. The SMILES string of the molecule is CSCC(Cc1ccccc1)(C(=O)O)C(=O)OC(C)(C)C. The molecule has 21 heavy (non-hydrogen) atoms. The molecule has 0 spiro atoms. The van der Waals surface area contributed by atoms with Crippen molar-refractivity contribution in [1.29, 1.82) is 0 Å². The molecule has 1 aromatic rings. The Morgan fingerprint density at radius 3 is 2.19 bits per heavy atom. The minimum atomic E-state index is -1.56. The molecule has 0 saturated heterocycles. The molecule has 0 bridgehead atoms. The number of benzene rings is 1. The third-order valence-corrected chi connectivity index (χ3v) is 3.72. The summed E-state index contributed by atoms with van der Waals surface area (Å²) >= 11 is 1.33. The quantitative estimate of drug-likeness (QED) is 0.646. The zero-order valence-electron chi connectivity index (χ0n) is 12.9. The Balaban J connectivity index is 3.15. The number of carboxylic acids is 1. The highest BCUT2D eigenvalue weighted by atomic mass is 32.2. The fraction of sp³-hybridized carbons (Fsp3) is 0.500. The Hall–Kier alpha value is -1.49. The van der Waals surface area contributed by atoms with E-state index in [9.17, 15) is 14.7 Å². The van der Waals surface area contributed by atoms with Crippen LogP contribution in [0.1, 0.15) is 26.3 Å². The molecule has 0 aliphatic rings. The summed E-state index contributed by atoms with van der Waals surface area (Å²) in [7, 11) is 0. The van der Waals surface area contributed by atoms with Crippen LogP contribution in [-0.2, 0) is 20.7 Å². The number of esters is 1. The van der Waals surface area contributed by atoms with Gasteiger partial charge in [-0.1, -0.05) is 30.3 Å². The van der Waals surface area contributed by atoms with Gasteiger partial charge in [0, 0.05) is 12.2 Å². The van der Waals surface area contributed by atoms with Gasteiger partial charge < -0.3 is 9.84 Å². The Kier molecular flexibility index (Phi) is 5.84. The molecule has 0 radical (unpaired) electrons. The largest absolute Gasteiger partial charge is 0.480 e. The van der Waals surface area contributed by atoms with E-state index >= 15 is 0 Å². The molecule has 1 unspecified atom stereocenters. The third-order valence-electron chi connectivity index (χ3n) is 2.94. The highest BCUT2D eigenvalue weighted by Crippen LogP contribution is 2.31. The second kappa shape index (κ2) is 6.98. The number of ether oxygens (including phenoxy) is 1. The van der Waals surface area contributed by atoms with Gasteiger partial charge in [-0.25, -0.2) is 0 Å². The summed E-state index contributed by atoms with van der Waals surface area (Å²) in [6.07, 6.45) is 1.91. The smallest absolute Gasteiger partial charge is 0.325 e. The van der Waals surface area contributed by atoms with E-state index in [-0.39, 0.29) is 12.2 Å². The van der Waals surface area contributed by atoms with E-state index in [0.717, 1.165) is 5.56 Å². The molecule has 4 nitrogen and oxygen atoms in total. The molecule has 1 N–H and O–H groups in total. The predicted octanol–water partition coefficient (Wildman–Crippen LogP) is 3.00.